The number of hydrogen-bond acceptors (Lipinski definition) is 3. The van der Waals surface area contributed by atoms with Crippen molar-refractivity contribution in [1.82, 2.24) is 10.2 Å². The van der Waals surface area contributed by atoms with Crippen LogP contribution in [0.2, 0.25) is 0 Å². The van der Waals surface area contributed by atoms with Gasteiger partial charge in [0.1, 0.15) is 0 Å². The van der Waals surface area contributed by atoms with E-state index in [9.17, 15) is 14.4 Å². The van der Waals surface area contributed by atoms with Crippen molar-refractivity contribution in [2.24, 2.45) is 0 Å². The number of nitrogens with one attached hydrogen (secondary N) is 1. The largest absolute Gasteiger partial charge is 0.478 e. The summed E-state index contributed by atoms with van der Waals surface area (Å²) in [5.41, 5.74) is -0.00100. The van der Waals surface area contributed by atoms with Gasteiger partial charge in [0.2, 0.25) is 0 Å². The van der Waals surface area contributed by atoms with Gasteiger partial charge in [-0.3, -0.25) is 10.1 Å². The van der Waals surface area contributed by atoms with Crippen LogP contribution in [-0.2, 0) is 9.59 Å². The molecule has 0 bridgehead atoms. The van der Waals surface area contributed by atoms with Crippen molar-refractivity contribution in [2.75, 3.05) is 6.54 Å². The molecule has 2 N–H and O–H groups in total. The SMILES string of the molecule is CCCCN(C(=O)NC(=O)C(C)=C(C)C(=O)O)C1CC1. The standard InChI is InChI=1S/C14H22N2O4/c1-4-5-8-16(11-6-7-11)14(20)15-12(17)9(2)10(3)13(18)19/h11H,4-8H2,1-3H3,(H,18,19)(H,15,17,20). The van der Waals surface area contributed by atoms with Crippen molar-refractivity contribution in [3.63, 3.8) is 0 Å². The van der Waals surface area contributed by atoms with E-state index >= 15 is 0 Å². The number of carboxylic acid groups (broad SMARTS) is 1. The van der Waals surface area contributed by atoms with E-state index in [0.717, 1.165) is 25.7 Å². The maximum atomic E-state index is 12.1. The fraction of sp³-hybridized carbons (Fsp3) is 0.643. The van der Waals surface area contributed by atoms with Gasteiger partial charge >= 0.3 is 12.0 Å². The minimum Gasteiger partial charge on any atom is -0.478 e. The first kappa shape index (κ1) is 16.2. The summed E-state index contributed by atoms with van der Waals surface area (Å²) >= 11 is 0. The molecule has 1 aliphatic rings. The molecule has 0 unspecified atom stereocenters. The Hall–Kier alpha value is -1.85. The molecular weight excluding hydrogens is 260 g/mol. The molecule has 0 aromatic heterocycles. The predicted octanol–water partition coefficient (Wildman–Crippen LogP) is 1.91. The molecule has 0 aromatic rings. The molecule has 0 atom stereocenters. The summed E-state index contributed by atoms with van der Waals surface area (Å²) in [7, 11) is 0. The molecule has 0 aliphatic heterocycles. The summed E-state index contributed by atoms with van der Waals surface area (Å²) in [5.74, 6) is -1.80. The lowest BCUT2D eigenvalue weighted by Crippen LogP contribution is -2.45. The van der Waals surface area contributed by atoms with Gasteiger partial charge in [-0.1, -0.05) is 13.3 Å². The van der Waals surface area contributed by atoms with Crippen LogP contribution in [0, 0.1) is 0 Å². The van der Waals surface area contributed by atoms with E-state index in [4.69, 9.17) is 5.11 Å². The van der Waals surface area contributed by atoms with Gasteiger partial charge in [-0.15, -0.1) is 0 Å². The van der Waals surface area contributed by atoms with E-state index in [0.29, 0.717) is 6.54 Å². The number of unbranched alkanes of at least 4 members (excludes halogenated alkanes) is 1. The normalized spacial score (nSPS) is 15.3. The zero-order valence-electron chi connectivity index (χ0n) is 12.2. The number of imide groups is 1. The Morgan fingerprint density at radius 1 is 1.20 bits per heavy atom. The van der Waals surface area contributed by atoms with E-state index in [2.05, 4.69) is 5.32 Å². The zero-order chi connectivity index (χ0) is 15.3. The molecule has 6 nitrogen and oxygen atoms in total. The van der Waals surface area contributed by atoms with Gasteiger partial charge in [0.25, 0.3) is 5.91 Å². The van der Waals surface area contributed by atoms with Crippen LogP contribution in [0.4, 0.5) is 4.79 Å². The van der Waals surface area contributed by atoms with Crippen LogP contribution in [0.5, 0.6) is 0 Å². The zero-order valence-corrected chi connectivity index (χ0v) is 12.2. The van der Waals surface area contributed by atoms with Crippen LogP contribution >= 0.6 is 0 Å². The Kier molecular flexibility index (Phi) is 5.73. The molecule has 1 aliphatic carbocycles. The Balaban J connectivity index is 2.66. The van der Waals surface area contributed by atoms with Crippen LogP contribution in [-0.4, -0.2) is 40.5 Å². The third-order valence-corrected chi connectivity index (χ3v) is 3.45. The quantitative estimate of drug-likeness (QED) is 0.728. The maximum Gasteiger partial charge on any atom is 0.331 e. The monoisotopic (exact) mass is 282 g/mol. The highest BCUT2D eigenvalue weighted by Gasteiger charge is 2.33. The van der Waals surface area contributed by atoms with E-state index in [1.54, 1.807) is 4.90 Å². The topological polar surface area (TPSA) is 86.7 Å². The van der Waals surface area contributed by atoms with Gasteiger partial charge in [-0.2, -0.15) is 0 Å². The summed E-state index contributed by atoms with van der Waals surface area (Å²) in [6, 6.07) is -0.206. The number of urea groups is 1. The molecule has 112 valence electrons. The van der Waals surface area contributed by atoms with E-state index in [1.807, 2.05) is 6.92 Å². The molecule has 0 aromatic carbocycles. The van der Waals surface area contributed by atoms with Crippen molar-refractivity contribution in [1.29, 1.82) is 0 Å². The fourth-order valence-electron chi connectivity index (χ4n) is 1.76. The lowest BCUT2D eigenvalue weighted by Gasteiger charge is -2.22. The number of nitrogens with zero attached hydrogens (tertiary/aromatic N) is 1. The number of carbonyl (C=O) groups excluding carboxylic acids is 2. The maximum absolute atomic E-state index is 12.1. The highest BCUT2D eigenvalue weighted by molar-refractivity contribution is 6.07. The van der Waals surface area contributed by atoms with Gasteiger partial charge in [0.15, 0.2) is 0 Å². The van der Waals surface area contributed by atoms with E-state index in [1.165, 1.54) is 13.8 Å². The average Bonchev–Trinajstić information content (AvgIpc) is 3.21. The Morgan fingerprint density at radius 3 is 2.25 bits per heavy atom. The Bertz CT molecular complexity index is 438. The van der Waals surface area contributed by atoms with Crippen LogP contribution < -0.4 is 5.32 Å². The highest BCUT2D eigenvalue weighted by atomic mass is 16.4. The fourth-order valence-corrected chi connectivity index (χ4v) is 1.76. The minimum atomic E-state index is -1.16. The van der Waals surface area contributed by atoms with Crippen LogP contribution in [0.25, 0.3) is 0 Å². The third kappa shape index (κ3) is 4.36. The molecule has 0 radical (unpaired) electrons. The van der Waals surface area contributed by atoms with E-state index < -0.39 is 17.9 Å². The lowest BCUT2D eigenvalue weighted by molar-refractivity contribution is -0.133. The van der Waals surface area contributed by atoms with E-state index in [-0.39, 0.29) is 17.2 Å². The second-order valence-electron chi connectivity index (χ2n) is 5.09. The average molecular weight is 282 g/mol. The highest BCUT2D eigenvalue weighted by Crippen LogP contribution is 2.27. The van der Waals surface area contributed by atoms with Gasteiger partial charge in [-0.25, -0.2) is 9.59 Å². The molecule has 1 saturated carbocycles. The smallest absolute Gasteiger partial charge is 0.331 e. The second-order valence-corrected chi connectivity index (χ2v) is 5.09. The molecule has 1 rings (SSSR count). The van der Waals surface area contributed by atoms with Crippen molar-refractivity contribution in [2.45, 2.75) is 52.5 Å². The van der Waals surface area contributed by atoms with Crippen molar-refractivity contribution < 1.29 is 19.5 Å². The first-order chi connectivity index (χ1) is 9.38. The molecule has 0 saturated heterocycles. The third-order valence-electron chi connectivity index (χ3n) is 3.45. The minimum absolute atomic E-state index is 0.0529. The van der Waals surface area contributed by atoms with Crippen LogP contribution in [0.3, 0.4) is 0 Å². The number of rotatable bonds is 6. The molecule has 0 heterocycles. The van der Waals surface area contributed by atoms with Gasteiger partial charge in [0, 0.05) is 23.7 Å². The van der Waals surface area contributed by atoms with Crippen molar-refractivity contribution in [3.05, 3.63) is 11.1 Å². The number of amides is 3. The number of carbonyl (C=O) groups is 3. The molecule has 1 fully saturated rings. The molecule has 20 heavy (non-hydrogen) atoms. The van der Waals surface area contributed by atoms with Crippen molar-refractivity contribution >= 4 is 17.9 Å². The number of carboxylic acids is 1. The molecule has 0 spiro atoms. The van der Waals surface area contributed by atoms with Crippen molar-refractivity contribution in [3.8, 4) is 0 Å². The lowest BCUT2D eigenvalue weighted by atomic mass is 10.1. The Labute approximate surface area is 118 Å². The predicted molar refractivity (Wildman–Crippen MR) is 74.2 cm³/mol. The molecule has 3 amide bonds. The van der Waals surface area contributed by atoms with Gasteiger partial charge in [0.05, 0.1) is 0 Å². The summed E-state index contributed by atoms with van der Waals surface area (Å²) in [6.07, 6.45) is 3.80. The molecular formula is C14H22N2O4. The summed E-state index contributed by atoms with van der Waals surface area (Å²) in [5, 5.41) is 11.1. The summed E-state index contributed by atoms with van der Waals surface area (Å²) < 4.78 is 0. The summed E-state index contributed by atoms with van der Waals surface area (Å²) in [4.78, 5) is 36.4. The van der Waals surface area contributed by atoms with Crippen LogP contribution in [0.1, 0.15) is 46.5 Å². The first-order valence-electron chi connectivity index (χ1n) is 6.91. The van der Waals surface area contributed by atoms with Gasteiger partial charge in [-0.05, 0) is 33.1 Å². The second kappa shape index (κ2) is 7.07. The number of aliphatic carboxylic acids is 1. The Morgan fingerprint density at radius 2 is 1.80 bits per heavy atom. The van der Waals surface area contributed by atoms with Crippen LogP contribution in [0.15, 0.2) is 11.1 Å². The number of hydrogen-bond donors (Lipinski definition) is 2. The first-order valence-corrected chi connectivity index (χ1v) is 6.91. The van der Waals surface area contributed by atoms with Gasteiger partial charge < -0.3 is 10.0 Å². The summed E-state index contributed by atoms with van der Waals surface area (Å²) in [6.45, 7) is 5.41. The molecule has 6 heteroatoms.